The van der Waals surface area contributed by atoms with Gasteiger partial charge in [-0.15, -0.1) is 0 Å². The van der Waals surface area contributed by atoms with Gasteiger partial charge in [-0.1, -0.05) is 120 Å². The molecule has 2 aromatic rings. The topological polar surface area (TPSA) is 94.5 Å². The molecule has 0 heterocycles. The van der Waals surface area contributed by atoms with E-state index in [1.165, 1.54) is 77.0 Å². The van der Waals surface area contributed by atoms with Crippen LogP contribution < -0.4 is 4.74 Å². The Hall–Kier alpha value is -1.47. The van der Waals surface area contributed by atoms with Crippen LogP contribution in [0.5, 0.6) is 5.75 Å². The average molecular weight is 567 g/mol. The molecule has 222 valence electrons. The Kier molecular flexibility index (Phi) is 18.4. The summed E-state index contributed by atoms with van der Waals surface area (Å²) in [6, 6.07) is 14.4. The lowest BCUT2D eigenvalue weighted by molar-refractivity contribution is 0.00254. The van der Waals surface area contributed by atoms with Crippen LogP contribution in [0.2, 0.25) is 0 Å². The second-order valence-electron chi connectivity index (χ2n) is 10.3. The lowest BCUT2D eigenvalue weighted by Crippen LogP contribution is -2.24. The van der Waals surface area contributed by atoms with Crippen molar-refractivity contribution in [2.24, 2.45) is 0 Å². The molecule has 0 fully saturated rings. The third-order valence-corrected chi connectivity index (χ3v) is 7.35. The average Bonchev–Trinajstić information content (AvgIpc) is 2.92. The highest BCUT2D eigenvalue weighted by atomic mass is 31.2. The lowest BCUT2D eigenvalue weighted by Gasteiger charge is -2.20. The first-order valence-electron chi connectivity index (χ1n) is 15.0. The number of rotatable bonds is 25. The molecule has 0 saturated carbocycles. The molecule has 0 aliphatic rings. The number of ether oxygens (including phenoxy) is 3. The quantitative estimate of drug-likeness (QED) is 0.0924. The van der Waals surface area contributed by atoms with Gasteiger partial charge in [0, 0.05) is 5.39 Å². The van der Waals surface area contributed by atoms with Crippen LogP contribution in [0.1, 0.15) is 96.8 Å². The Bertz CT molecular complexity index is 911. The van der Waals surface area contributed by atoms with E-state index in [-0.39, 0.29) is 19.3 Å². The van der Waals surface area contributed by atoms with Crippen molar-refractivity contribution in [2.75, 3.05) is 33.0 Å². The molecule has 7 nitrogen and oxygen atoms in total. The van der Waals surface area contributed by atoms with E-state index < -0.39 is 7.82 Å². The fourth-order valence-corrected chi connectivity index (χ4v) is 5.01. The first-order chi connectivity index (χ1) is 19.0. The van der Waals surface area contributed by atoms with Crippen LogP contribution in [0.4, 0.5) is 0 Å². The predicted octanol–water partition coefficient (Wildman–Crippen LogP) is 8.21. The smallest absolute Gasteiger partial charge is 0.469 e. The SMILES string of the molecule is CCCCCCCCCCCCCCCC(COCCOCCOP(=O)(O)O)Oc1cccc2ccccc12. The number of phosphoric ester groups is 1. The van der Waals surface area contributed by atoms with Gasteiger partial charge in [0.2, 0.25) is 0 Å². The number of hydrogen-bond acceptors (Lipinski definition) is 5. The maximum Gasteiger partial charge on any atom is 0.469 e. The van der Waals surface area contributed by atoms with Crippen molar-refractivity contribution < 1.29 is 33.1 Å². The third-order valence-electron chi connectivity index (χ3n) is 6.84. The maximum absolute atomic E-state index is 10.7. The summed E-state index contributed by atoms with van der Waals surface area (Å²) in [4.78, 5) is 17.4. The fraction of sp³-hybridized carbons (Fsp3) is 0.677. The van der Waals surface area contributed by atoms with E-state index in [1.807, 2.05) is 24.3 Å². The molecule has 2 N–H and O–H groups in total. The van der Waals surface area contributed by atoms with Crippen molar-refractivity contribution >= 4 is 18.6 Å². The van der Waals surface area contributed by atoms with Crippen molar-refractivity contribution in [1.82, 2.24) is 0 Å². The number of benzene rings is 2. The molecule has 0 aromatic heterocycles. The normalized spacial score (nSPS) is 12.7. The van der Waals surface area contributed by atoms with Crippen molar-refractivity contribution in [3.63, 3.8) is 0 Å². The monoisotopic (exact) mass is 566 g/mol. The lowest BCUT2D eigenvalue weighted by atomic mass is 10.0. The summed E-state index contributed by atoms with van der Waals surface area (Å²) in [5, 5.41) is 2.25. The summed E-state index contributed by atoms with van der Waals surface area (Å²) in [5.74, 6) is 0.877. The Morgan fingerprint density at radius 1 is 0.692 bits per heavy atom. The van der Waals surface area contributed by atoms with Gasteiger partial charge in [-0.05, 0) is 24.3 Å². The molecule has 0 spiro atoms. The minimum absolute atomic E-state index is 0.0542. The molecule has 0 aliphatic heterocycles. The van der Waals surface area contributed by atoms with Gasteiger partial charge in [0.05, 0.1) is 33.0 Å². The van der Waals surface area contributed by atoms with E-state index in [4.69, 9.17) is 24.0 Å². The van der Waals surface area contributed by atoms with Crippen molar-refractivity contribution in [2.45, 2.75) is 103 Å². The summed E-state index contributed by atoms with van der Waals surface area (Å²) < 4.78 is 32.7. The summed E-state index contributed by atoms with van der Waals surface area (Å²) in [7, 11) is -4.45. The highest BCUT2D eigenvalue weighted by Gasteiger charge is 2.14. The van der Waals surface area contributed by atoms with Crippen LogP contribution in [0.15, 0.2) is 42.5 Å². The summed E-state index contributed by atoms with van der Waals surface area (Å²) >= 11 is 0. The van der Waals surface area contributed by atoms with E-state index in [1.54, 1.807) is 0 Å². The Labute approximate surface area is 235 Å². The van der Waals surface area contributed by atoms with Gasteiger partial charge in [-0.2, -0.15) is 0 Å². The van der Waals surface area contributed by atoms with Crippen LogP contribution in [0, 0.1) is 0 Å². The first kappa shape index (κ1) is 33.7. The third kappa shape index (κ3) is 17.1. The summed E-state index contributed by atoms with van der Waals surface area (Å²) in [5.41, 5.74) is 0. The molecule has 0 amide bonds. The molecular weight excluding hydrogens is 515 g/mol. The molecule has 0 bridgehead atoms. The van der Waals surface area contributed by atoms with E-state index >= 15 is 0 Å². The molecular formula is C31H51O7P. The minimum Gasteiger partial charge on any atom is -0.487 e. The van der Waals surface area contributed by atoms with Crippen LogP contribution in [-0.2, 0) is 18.6 Å². The van der Waals surface area contributed by atoms with Gasteiger partial charge < -0.3 is 24.0 Å². The summed E-state index contributed by atoms with van der Waals surface area (Å²) in [6.45, 7) is 3.38. The zero-order chi connectivity index (χ0) is 28.0. The van der Waals surface area contributed by atoms with Gasteiger partial charge in [0.25, 0.3) is 0 Å². The molecule has 2 rings (SSSR count). The summed E-state index contributed by atoms with van der Waals surface area (Å²) in [6.07, 6.45) is 18.1. The van der Waals surface area contributed by atoms with Crippen LogP contribution in [0.25, 0.3) is 10.8 Å². The zero-order valence-electron chi connectivity index (χ0n) is 23.9. The molecule has 8 heteroatoms. The molecule has 1 atom stereocenters. The van der Waals surface area contributed by atoms with Gasteiger partial charge in [0.15, 0.2) is 0 Å². The second-order valence-corrected chi connectivity index (χ2v) is 11.5. The number of fused-ring (bicyclic) bond motifs is 1. The van der Waals surface area contributed by atoms with Crippen LogP contribution in [-0.4, -0.2) is 48.9 Å². The molecule has 0 aliphatic carbocycles. The largest absolute Gasteiger partial charge is 0.487 e. The Morgan fingerprint density at radius 2 is 1.26 bits per heavy atom. The van der Waals surface area contributed by atoms with E-state index in [9.17, 15) is 4.57 Å². The highest BCUT2D eigenvalue weighted by molar-refractivity contribution is 7.46. The van der Waals surface area contributed by atoms with Crippen molar-refractivity contribution in [3.05, 3.63) is 42.5 Å². The standard InChI is InChI=1S/C31H51O7P/c1-2-3-4-5-6-7-8-9-10-11-12-13-14-20-29(27-36-24-23-35-25-26-37-39(32,33)34)38-31-22-17-19-28-18-15-16-21-30(28)31/h15-19,21-22,29H,2-14,20,23-27H2,1H3,(H2,32,33,34). The highest BCUT2D eigenvalue weighted by Crippen LogP contribution is 2.35. The van der Waals surface area contributed by atoms with Gasteiger partial charge in [-0.3, -0.25) is 4.52 Å². The first-order valence-corrected chi connectivity index (χ1v) is 16.5. The molecule has 0 radical (unpaired) electrons. The van der Waals surface area contributed by atoms with Gasteiger partial charge >= 0.3 is 7.82 Å². The minimum atomic E-state index is -4.45. The number of unbranched alkanes of at least 4 members (excludes halogenated alkanes) is 12. The Morgan fingerprint density at radius 3 is 1.92 bits per heavy atom. The van der Waals surface area contributed by atoms with Crippen molar-refractivity contribution in [3.8, 4) is 5.75 Å². The predicted molar refractivity (Wildman–Crippen MR) is 158 cm³/mol. The number of hydrogen-bond donors (Lipinski definition) is 2. The molecule has 2 aromatic carbocycles. The molecule has 1 unspecified atom stereocenters. The van der Waals surface area contributed by atoms with Gasteiger partial charge in [-0.25, -0.2) is 4.57 Å². The zero-order valence-corrected chi connectivity index (χ0v) is 24.8. The van der Waals surface area contributed by atoms with E-state index in [2.05, 4.69) is 29.6 Å². The van der Waals surface area contributed by atoms with Crippen LogP contribution >= 0.6 is 7.82 Å². The number of phosphoric acid groups is 1. The van der Waals surface area contributed by atoms with Crippen molar-refractivity contribution in [1.29, 1.82) is 0 Å². The fourth-order valence-electron chi connectivity index (χ4n) is 4.69. The van der Waals surface area contributed by atoms with E-state index in [0.29, 0.717) is 19.8 Å². The van der Waals surface area contributed by atoms with Gasteiger partial charge in [0.1, 0.15) is 11.9 Å². The molecule has 39 heavy (non-hydrogen) atoms. The van der Waals surface area contributed by atoms with Crippen LogP contribution in [0.3, 0.4) is 0 Å². The van der Waals surface area contributed by atoms with E-state index in [0.717, 1.165) is 29.4 Å². The molecule has 0 saturated heterocycles. The maximum atomic E-state index is 10.7. The second kappa shape index (κ2) is 21.3. The Balaban J connectivity index is 1.66.